The maximum Gasteiger partial charge on any atom is 0.254 e. The zero-order valence-electron chi connectivity index (χ0n) is 16.2. The molecule has 1 amide bonds. The minimum Gasteiger partial charge on any atom is -0.496 e. The molecule has 2 atom stereocenters. The van der Waals surface area contributed by atoms with Crippen molar-refractivity contribution in [3.63, 3.8) is 0 Å². The molecule has 3 fully saturated rings. The van der Waals surface area contributed by atoms with Gasteiger partial charge in [-0.15, -0.1) is 0 Å². The van der Waals surface area contributed by atoms with E-state index in [0.717, 1.165) is 49.5 Å². The zero-order chi connectivity index (χ0) is 18.8. The summed E-state index contributed by atoms with van der Waals surface area (Å²) in [4.78, 5) is 17.9. The Balaban J connectivity index is 1.50. The molecule has 0 spiro atoms. The topological polar surface area (TPSA) is 32.8 Å². The predicted octanol–water partition coefficient (Wildman–Crippen LogP) is 3.74. The van der Waals surface area contributed by atoms with E-state index in [-0.39, 0.29) is 5.91 Å². The first kappa shape index (κ1) is 18.1. The van der Waals surface area contributed by atoms with Crippen molar-refractivity contribution in [3.05, 3.63) is 65.2 Å². The molecule has 2 aromatic carbocycles. The summed E-state index contributed by atoms with van der Waals surface area (Å²) in [5.74, 6) is 1.56. The number of rotatable bonds is 4. The number of hydrogen-bond acceptors (Lipinski definition) is 3. The summed E-state index contributed by atoms with van der Waals surface area (Å²) < 4.78 is 5.33. The van der Waals surface area contributed by atoms with Crippen LogP contribution < -0.4 is 4.74 Å². The fourth-order valence-corrected chi connectivity index (χ4v) is 4.58. The van der Waals surface area contributed by atoms with E-state index >= 15 is 0 Å². The molecule has 4 nitrogen and oxygen atoms in total. The average molecular weight is 364 g/mol. The summed E-state index contributed by atoms with van der Waals surface area (Å²) in [6, 6.07) is 16.7. The largest absolute Gasteiger partial charge is 0.496 e. The van der Waals surface area contributed by atoms with E-state index in [1.807, 2.05) is 25.1 Å². The number of ether oxygens (including phenoxy) is 1. The van der Waals surface area contributed by atoms with Crippen molar-refractivity contribution >= 4 is 5.91 Å². The smallest absolute Gasteiger partial charge is 0.254 e. The van der Waals surface area contributed by atoms with Crippen molar-refractivity contribution in [3.8, 4) is 5.75 Å². The minimum absolute atomic E-state index is 0.164. The van der Waals surface area contributed by atoms with E-state index in [2.05, 4.69) is 40.1 Å². The molecule has 0 radical (unpaired) electrons. The maximum absolute atomic E-state index is 13.2. The lowest BCUT2D eigenvalue weighted by Gasteiger charge is -2.36. The molecule has 27 heavy (non-hydrogen) atoms. The van der Waals surface area contributed by atoms with Gasteiger partial charge < -0.3 is 9.64 Å². The van der Waals surface area contributed by atoms with E-state index < -0.39 is 0 Å². The summed E-state index contributed by atoms with van der Waals surface area (Å²) in [7, 11) is 1.67. The third-order valence-electron chi connectivity index (χ3n) is 5.94. The van der Waals surface area contributed by atoms with Gasteiger partial charge in [0.25, 0.3) is 5.91 Å². The Bertz CT molecular complexity index is 805. The van der Waals surface area contributed by atoms with Crippen molar-refractivity contribution in [2.24, 2.45) is 5.92 Å². The van der Waals surface area contributed by atoms with Crippen LogP contribution in [0.3, 0.4) is 0 Å². The van der Waals surface area contributed by atoms with Gasteiger partial charge in [-0.05, 0) is 55.0 Å². The van der Waals surface area contributed by atoms with Gasteiger partial charge in [-0.25, -0.2) is 0 Å². The highest BCUT2D eigenvalue weighted by Crippen LogP contribution is 2.30. The third kappa shape index (κ3) is 3.86. The second-order valence-electron chi connectivity index (χ2n) is 7.92. The van der Waals surface area contributed by atoms with Gasteiger partial charge in [-0.2, -0.15) is 0 Å². The molecule has 3 aliphatic rings. The van der Waals surface area contributed by atoms with Crippen LogP contribution in [-0.4, -0.2) is 48.5 Å². The first-order valence-corrected chi connectivity index (χ1v) is 9.86. The summed E-state index contributed by atoms with van der Waals surface area (Å²) in [5, 5.41) is 0. The van der Waals surface area contributed by atoms with Crippen molar-refractivity contribution in [1.82, 2.24) is 9.80 Å². The molecule has 0 aromatic heterocycles. The maximum atomic E-state index is 13.2. The van der Waals surface area contributed by atoms with Gasteiger partial charge in [0, 0.05) is 37.8 Å². The first-order valence-electron chi connectivity index (χ1n) is 9.86. The van der Waals surface area contributed by atoms with Crippen LogP contribution in [0.1, 0.15) is 34.3 Å². The van der Waals surface area contributed by atoms with Gasteiger partial charge in [0.1, 0.15) is 5.75 Å². The molecular formula is C23H28N2O2. The number of fused-ring (bicyclic) bond motifs is 4. The van der Waals surface area contributed by atoms with Crippen LogP contribution in [0, 0.1) is 12.8 Å². The number of methoxy groups -OCH3 is 1. The number of aryl methyl sites for hydroxylation is 1. The van der Waals surface area contributed by atoms with Crippen molar-refractivity contribution in [1.29, 1.82) is 0 Å². The lowest BCUT2D eigenvalue weighted by Crippen LogP contribution is -2.47. The second-order valence-corrected chi connectivity index (χ2v) is 7.92. The fourth-order valence-electron chi connectivity index (χ4n) is 4.58. The Morgan fingerprint density at radius 1 is 1.07 bits per heavy atom. The average Bonchev–Trinajstić information content (AvgIpc) is 2.98. The summed E-state index contributed by atoms with van der Waals surface area (Å²) in [6.45, 7) is 5.88. The molecule has 3 aliphatic heterocycles. The molecule has 2 aromatic rings. The Labute approximate surface area is 161 Å². The molecule has 0 unspecified atom stereocenters. The number of nitrogens with zero attached hydrogens (tertiary/aromatic N) is 2. The highest BCUT2D eigenvalue weighted by Gasteiger charge is 2.37. The molecular weight excluding hydrogens is 336 g/mol. The van der Waals surface area contributed by atoms with E-state index in [1.165, 1.54) is 12.0 Å². The lowest BCUT2D eigenvalue weighted by atomic mass is 9.94. The molecule has 142 valence electrons. The number of carbonyl (C=O) groups excluding carboxylic acids is 1. The molecule has 2 bridgehead atoms. The third-order valence-corrected chi connectivity index (χ3v) is 5.94. The SMILES string of the molecule is COc1ccc(C(=O)N2C[C@H]3CC[C@@H]2CN(Cc2ccccc2)C3)cc1C. The number of carbonyl (C=O) groups is 1. The van der Waals surface area contributed by atoms with E-state index in [4.69, 9.17) is 4.74 Å². The van der Waals surface area contributed by atoms with Gasteiger partial charge in [-0.1, -0.05) is 30.3 Å². The molecule has 0 N–H and O–H groups in total. The van der Waals surface area contributed by atoms with Crippen molar-refractivity contribution in [2.75, 3.05) is 26.7 Å². The molecule has 0 saturated carbocycles. The van der Waals surface area contributed by atoms with Gasteiger partial charge >= 0.3 is 0 Å². The number of amides is 1. The summed E-state index contributed by atoms with van der Waals surface area (Å²) in [5.41, 5.74) is 3.13. The van der Waals surface area contributed by atoms with Crippen LogP contribution in [0.4, 0.5) is 0 Å². The Hall–Kier alpha value is -2.33. The number of benzene rings is 2. The van der Waals surface area contributed by atoms with Crippen LogP contribution in [0.5, 0.6) is 5.75 Å². The van der Waals surface area contributed by atoms with Crippen molar-refractivity contribution in [2.45, 2.75) is 32.4 Å². The molecule has 0 aliphatic carbocycles. The second kappa shape index (κ2) is 7.73. The van der Waals surface area contributed by atoms with E-state index in [0.29, 0.717) is 12.0 Å². The summed E-state index contributed by atoms with van der Waals surface area (Å²) >= 11 is 0. The van der Waals surface area contributed by atoms with Crippen molar-refractivity contribution < 1.29 is 9.53 Å². The van der Waals surface area contributed by atoms with Crippen LogP contribution in [0.2, 0.25) is 0 Å². The van der Waals surface area contributed by atoms with Crippen LogP contribution in [0.15, 0.2) is 48.5 Å². The van der Waals surface area contributed by atoms with E-state index in [9.17, 15) is 4.79 Å². The van der Waals surface area contributed by atoms with E-state index in [1.54, 1.807) is 7.11 Å². The Morgan fingerprint density at radius 2 is 1.89 bits per heavy atom. The quantitative estimate of drug-likeness (QED) is 0.828. The monoisotopic (exact) mass is 364 g/mol. The molecule has 4 heteroatoms. The van der Waals surface area contributed by atoms with Crippen LogP contribution in [0.25, 0.3) is 0 Å². The molecule has 5 rings (SSSR count). The van der Waals surface area contributed by atoms with Crippen LogP contribution in [-0.2, 0) is 6.54 Å². The van der Waals surface area contributed by atoms with Gasteiger partial charge in [-0.3, -0.25) is 9.69 Å². The highest BCUT2D eigenvalue weighted by molar-refractivity contribution is 5.95. The zero-order valence-corrected chi connectivity index (χ0v) is 16.2. The Kier molecular flexibility index (Phi) is 5.17. The van der Waals surface area contributed by atoms with Crippen LogP contribution >= 0.6 is 0 Å². The standard InChI is InChI=1S/C23H28N2O2/c1-17-12-20(9-11-22(17)27-2)23(26)25-15-19-8-10-21(25)16-24(14-19)13-18-6-4-3-5-7-18/h3-7,9,11-12,19,21H,8,10,13-16H2,1-2H3/t19-,21+/m0/s1. The Morgan fingerprint density at radius 3 is 2.63 bits per heavy atom. The molecule has 3 heterocycles. The minimum atomic E-state index is 0.164. The van der Waals surface area contributed by atoms with Gasteiger partial charge in [0.2, 0.25) is 0 Å². The van der Waals surface area contributed by atoms with Gasteiger partial charge in [0.05, 0.1) is 7.11 Å². The van der Waals surface area contributed by atoms with Gasteiger partial charge in [0.15, 0.2) is 0 Å². The summed E-state index contributed by atoms with van der Waals surface area (Å²) in [6.07, 6.45) is 2.33. The molecule has 3 saturated heterocycles. The highest BCUT2D eigenvalue weighted by atomic mass is 16.5. The number of hydrogen-bond donors (Lipinski definition) is 0. The first-order chi connectivity index (χ1) is 13.1. The number of piperidine rings is 1. The lowest BCUT2D eigenvalue weighted by molar-refractivity contribution is 0.0585. The fraction of sp³-hybridized carbons (Fsp3) is 0.435. The normalized spacial score (nSPS) is 22.5. The predicted molar refractivity (Wildman–Crippen MR) is 107 cm³/mol.